The van der Waals surface area contributed by atoms with Gasteiger partial charge in [-0.1, -0.05) is 0 Å². The summed E-state index contributed by atoms with van der Waals surface area (Å²) in [6.45, 7) is 1.07. The predicted octanol–water partition coefficient (Wildman–Crippen LogP) is -1.10. The zero-order valence-electron chi connectivity index (χ0n) is 11.1. The van der Waals surface area contributed by atoms with Crippen molar-refractivity contribution < 1.29 is 14.9 Å². The van der Waals surface area contributed by atoms with Gasteiger partial charge in [0.2, 0.25) is 0 Å². The lowest BCUT2D eigenvalue weighted by molar-refractivity contribution is -0.115. The van der Waals surface area contributed by atoms with Gasteiger partial charge in [-0.15, -0.1) is 0 Å². The second kappa shape index (κ2) is 4.63. The second-order valence-corrected chi connectivity index (χ2v) is 5.13. The van der Waals surface area contributed by atoms with Crippen molar-refractivity contribution in [3.63, 3.8) is 0 Å². The van der Waals surface area contributed by atoms with Crippen LogP contribution in [-0.4, -0.2) is 48.0 Å². The number of aliphatic hydroxyl groups is 2. The van der Waals surface area contributed by atoms with E-state index in [0.29, 0.717) is 0 Å². The van der Waals surface area contributed by atoms with Crippen molar-refractivity contribution in [2.75, 3.05) is 6.61 Å². The van der Waals surface area contributed by atoms with E-state index in [1.54, 1.807) is 0 Å². The van der Waals surface area contributed by atoms with E-state index in [1.807, 2.05) is 6.07 Å². The number of nitriles is 1. The standard InChI is InChI=1S/C12H13N5O4/c1-12(3-18)8(19)6(2-13)11(21-12)17-5-16-7-9(17)14-4-15-10(7)20/h4-6,8,11,18-19H,3H2,1H3,(H,14,15,20)/t6-,8-,11+,12+/m0/s1. The van der Waals surface area contributed by atoms with Gasteiger partial charge in [0.15, 0.2) is 17.4 Å². The zero-order valence-corrected chi connectivity index (χ0v) is 11.1. The van der Waals surface area contributed by atoms with Gasteiger partial charge in [-0.2, -0.15) is 5.26 Å². The highest BCUT2D eigenvalue weighted by Crippen LogP contribution is 2.41. The molecule has 0 radical (unpaired) electrons. The number of nitrogens with one attached hydrogen (secondary N) is 1. The molecule has 0 unspecified atom stereocenters. The first-order valence-electron chi connectivity index (χ1n) is 6.28. The van der Waals surface area contributed by atoms with Gasteiger partial charge in [0.05, 0.1) is 25.3 Å². The van der Waals surface area contributed by atoms with E-state index in [2.05, 4.69) is 15.0 Å². The zero-order chi connectivity index (χ0) is 15.2. The van der Waals surface area contributed by atoms with Crippen LogP contribution in [0.4, 0.5) is 0 Å². The molecule has 110 valence electrons. The van der Waals surface area contributed by atoms with Crippen molar-refractivity contribution in [3.8, 4) is 6.07 Å². The number of hydrogen-bond donors (Lipinski definition) is 3. The molecule has 21 heavy (non-hydrogen) atoms. The second-order valence-electron chi connectivity index (χ2n) is 5.13. The molecular formula is C12H13N5O4. The minimum atomic E-state index is -1.26. The molecule has 0 bridgehead atoms. The molecule has 1 fully saturated rings. The Bertz CT molecular complexity index is 778. The number of rotatable bonds is 2. The van der Waals surface area contributed by atoms with Crippen LogP contribution < -0.4 is 5.56 Å². The first-order chi connectivity index (χ1) is 10.0. The number of imidazole rings is 1. The minimum absolute atomic E-state index is 0.116. The van der Waals surface area contributed by atoms with Gasteiger partial charge >= 0.3 is 0 Å². The van der Waals surface area contributed by atoms with Crippen LogP contribution in [0.25, 0.3) is 11.2 Å². The Balaban J connectivity index is 2.13. The Kier molecular flexibility index (Phi) is 3.02. The van der Waals surface area contributed by atoms with E-state index in [-0.39, 0.29) is 11.2 Å². The van der Waals surface area contributed by atoms with Gasteiger partial charge in [-0.3, -0.25) is 9.36 Å². The maximum atomic E-state index is 11.6. The van der Waals surface area contributed by atoms with Gasteiger partial charge in [0, 0.05) is 0 Å². The highest BCUT2D eigenvalue weighted by Gasteiger charge is 2.52. The summed E-state index contributed by atoms with van der Waals surface area (Å²) in [5.41, 5.74) is -1.30. The summed E-state index contributed by atoms with van der Waals surface area (Å²) >= 11 is 0. The third-order valence-electron chi connectivity index (χ3n) is 3.77. The van der Waals surface area contributed by atoms with Crippen LogP contribution in [0.1, 0.15) is 13.2 Å². The molecular weight excluding hydrogens is 278 g/mol. The highest BCUT2D eigenvalue weighted by molar-refractivity contribution is 5.68. The third-order valence-corrected chi connectivity index (χ3v) is 3.77. The Labute approximate surface area is 118 Å². The molecule has 9 heteroatoms. The van der Waals surface area contributed by atoms with Crippen molar-refractivity contribution in [3.05, 3.63) is 23.0 Å². The molecule has 2 aromatic rings. The van der Waals surface area contributed by atoms with Crippen LogP contribution in [-0.2, 0) is 4.74 Å². The highest BCUT2D eigenvalue weighted by atomic mass is 16.6. The summed E-state index contributed by atoms with van der Waals surface area (Å²) in [4.78, 5) is 22.0. The maximum absolute atomic E-state index is 11.6. The quantitative estimate of drug-likeness (QED) is 0.638. The molecule has 3 N–H and O–H groups in total. The Hall–Kier alpha value is -2.28. The Morgan fingerprint density at radius 3 is 3.05 bits per heavy atom. The van der Waals surface area contributed by atoms with E-state index in [1.165, 1.54) is 24.1 Å². The van der Waals surface area contributed by atoms with E-state index in [4.69, 9.17) is 4.74 Å². The van der Waals surface area contributed by atoms with Crippen LogP contribution in [0, 0.1) is 17.2 Å². The molecule has 3 rings (SSSR count). The number of fused-ring (bicyclic) bond motifs is 1. The Morgan fingerprint density at radius 2 is 2.38 bits per heavy atom. The van der Waals surface area contributed by atoms with E-state index in [0.717, 1.165) is 0 Å². The van der Waals surface area contributed by atoms with Crippen LogP contribution in [0.15, 0.2) is 17.4 Å². The lowest BCUT2D eigenvalue weighted by Gasteiger charge is -2.24. The normalized spacial score (nSPS) is 32.4. The molecule has 4 atom stereocenters. The number of ether oxygens (including phenoxy) is 1. The number of H-pyrrole nitrogens is 1. The molecule has 3 heterocycles. The predicted molar refractivity (Wildman–Crippen MR) is 68.9 cm³/mol. The largest absolute Gasteiger partial charge is 0.393 e. The van der Waals surface area contributed by atoms with Gasteiger partial charge in [0.25, 0.3) is 5.56 Å². The van der Waals surface area contributed by atoms with Gasteiger partial charge in [-0.25, -0.2) is 9.97 Å². The van der Waals surface area contributed by atoms with Crippen LogP contribution in [0.5, 0.6) is 0 Å². The van der Waals surface area contributed by atoms with Gasteiger partial charge in [0.1, 0.15) is 17.6 Å². The summed E-state index contributed by atoms with van der Waals surface area (Å²) in [5.74, 6) is -0.916. The fourth-order valence-corrected chi connectivity index (χ4v) is 2.50. The number of aromatic nitrogens is 4. The molecule has 0 amide bonds. The van der Waals surface area contributed by atoms with Crippen molar-refractivity contribution in [2.24, 2.45) is 5.92 Å². The van der Waals surface area contributed by atoms with Crippen LogP contribution in [0.3, 0.4) is 0 Å². The summed E-state index contributed by atoms with van der Waals surface area (Å²) in [7, 11) is 0. The summed E-state index contributed by atoms with van der Waals surface area (Å²) < 4.78 is 7.07. The molecule has 0 saturated carbocycles. The molecule has 1 aliphatic rings. The van der Waals surface area contributed by atoms with Crippen molar-refractivity contribution in [1.29, 1.82) is 5.26 Å². The summed E-state index contributed by atoms with van der Waals surface area (Å²) in [6.07, 6.45) is 0.497. The molecule has 0 aromatic carbocycles. The Morgan fingerprint density at radius 1 is 1.62 bits per heavy atom. The summed E-state index contributed by atoms with van der Waals surface area (Å²) in [6, 6.07) is 1.97. The van der Waals surface area contributed by atoms with E-state index in [9.17, 15) is 20.3 Å². The first kappa shape index (κ1) is 13.7. The molecule has 2 aromatic heterocycles. The summed E-state index contributed by atoms with van der Waals surface area (Å²) in [5, 5.41) is 28.8. The van der Waals surface area contributed by atoms with Gasteiger partial charge in [-0.05, 0) is 6.92 Å². The lowest BCUT2D eigenvalue weighted by Crippen LogP contribution is -2.41. The average molecular weight is 291 g/mol. The molecule has 1 aliphatic heterocycles. The van der Waals surface area contributed by atoms with Crippen molar-refractivity contribution >= 4 is 11.2 Å². The van der Waals surface area contributed by atoms with Gasteiger partial charge < -0.3 is 19.9 Å². The molecule has 0 spiro atoms. The maximum Gasteiger partial charge on any atom is 0.278 e. The number of aliphatic hydroxyl groups excluding tert-OH is 2. The number of hydrogen-bond acceptors (Lipinski definition) is 7. The SMILES string of the molecule is C[C@]1(CO)O[C@@H](n2cnc3c(=O)[nH]cnc32)[C@@H](C#N)[C@@H]1O. The van der Waals surface area contributed by atoms with Crippen molar-refractivity contribution in [2.45, 2.75) is 24.9 Å². The fourth-order valence-electron chi connectivity index (χ4n) is 2.50. The molecule has 9 nitrogen and oxygen atoms in total. The topological polar surface area (TPSA) is 137 Å². The lowest BCUT2D eigenvalue weighted by atomic mass is 9.92. The molecule has 1 saturated heterocycles. The van der Waals surface area contributed by atoms with Crippen molar-refractivity contribution in [1.82, 2.24) is 19.5 Å². The number of nitrogens with zero attached hydrogens (tertiary/aromatic N) is 4. The smallest absolute Gasteiger partial charge is 0.278 e. The number of aromatic amines is 1. The van der Waals surface area contributed by atoms with E-state index >= 15 is 0 Å². The minimum Gasteiger partial charge on any atom is -0.393 e. The average Bonchev–Trinajstić information content (AvgIpc) is 3.01. The first-order valence-corrected chi connectivity index (χ1v) is 6.28. The third kappa shape index (κ3) is 1.84. The monoisotopic (exact) mass is 291 g/mol. The fraction of sp³-hybridized carbons (Fsp3) is 0.500. The van der Waals surface area contributed by atoms with Crippen LogP contribution >= 0.6 is 0 Å². The van der Waals surface area contributed by atoms with Crippen LogP contribution in [0.2, 0.25) is 0 Å². The molecule has 0 aliphatic carbocycles. The van der Waals surface area contributed by atoms with E-state index < -0.39 is 36.0 Å².